The van der Waals surface area contributed by atoms with E-state index in [1.54, 1.807) is 35.2 Å². The second kappa shape index (κ2) is 9.72. The van der Waals surface area contributed by atoms with Gasteiger partial charge in [-0.3, -0.25) is 19.6 Å². The van der Waals surface area contributed by atoms with Gasteiger partial charge in [0.25, 0.3) is 11.8 Å². The number of aromatic nitrogens is 2. The number of nitrogens with zero attached hydrogens (tertiary/aromatic N) is 4. The lowest BCUT2D eigenvalue weighted by Crippen LogP contribution is -2.50. The Bertz CT molecular complexity index is 1410. The molecule has 2 aromatic heterocycles. The summed E-state index contributed by atoms with van der Waals surface area (Å²) < 4.78 is 5.61. The second-order valence-corrected chi connectivity index (χ2v) is 8.71. The van der Waals surface area contributed by atoms with Crippen LogP contribution in [0.1, 0.15) is 20.7 Å². The molecule has 0 atom stereocenters. The highest BCUT2D eigenvalue weighted by molar-refractivity contribution is 6.30. The van der Waals surface area contributed by atoms with E-state index >= 15 is 0 Å². The number of carbonyl (C=O) groups is 2. The van der Waals surface area contributed by atoms with E-state index < -0.39 is 0 Å². The van der Waals surface area contributed by atoms with Gasteiger partial charge in [0.1, 0.15) is 5.75 Å². The molecule has 0 saturated carbocycles. The van der Waals surface area contributed by atoms with Gasteiger partial charge in [-0.1, -0.05) is 41.9 Å². The van der Waals surface area contributed by atoms with Crippen LogP contribution >= 0.6 is 11.6 Å². The van der Waals surface area contributed by atoms with Gasteiger partial charge < -0.3 is 14.5 Å². The molecule has 8 heteroatoms. The summed E-state index contributed by atoms with van der Waals surface area (Å²) in [6.45, 7) is 1.71. The highest BCUT2D eigenvalue weighted by atomic mass is 35.5. The number of amides is 2. The number of carbonyl (C=O) groups excluding carboxylic acids is 2. The summed E-state index contributed by atoms with van der Waals surface area (Å²) in [5.74, 6) is 0.239. The SMILES string of the molecule is COc1cc(-c2cccc3cccnc23)ccc1C(=O)N1CCN(C(=O)c2cncc(Cl)c2)CC1. The van der Waals surface area contributed by atoms with Crippen LogP contribution < -0.4 is 4.74 Å². The van der Waals surface area contributed by atoms with Crippen molar-refractivity contribution >= 4 is 34.3 Å². The number of pyridine rings is 2. The Hall–Kier alpha value is -3.97. The van der Waals surface area contributed by atoms with E-state index in [2.05, 4.69) is 9.97 Å². The van der Waals surface area contributed by atoms with Crippen LogP contribution in [0.15, 0.2) is 73.2 Å². The van der Waals surface area contributed by atoms with Crippen LogP contribution in [0.5, 0.6) is 5.75 Å². The molecule has 2 amide bonds. The van der Waals surface area contributed by atoms with Crippen molar-refractivity contribution in [2.45, 2.75) is 0 Å². The zero-order chi connectivity index (χ0) is 24.4. The molecule has 0 unspecified atom stereocenters. The number of benzene rings is 2. The first-order valence-corrected chi connectivity index (χ1v) is 11.6. The Morgan fingerprint density at radius 2 is 1.66 bits per heavy atom. The zero-order valence-corrected chi connectivity index (χ0v) is 19.9. The first kappa shape index (κ1) is 22.8. The van der Waals surface area contributed by atoms with E-state index in [-0.39, 0.29) is 11.8 Å². The van der Waals surface area contributed by atoms with Gasteiger partial charge in [-0.15, -0.1) is 0 Å². The maximum Gasteiger partial charge on any atom is 0.257 e. The number of piperazine rings is 1. The molecule has 7 nitrogen and oxygen atoms in total. The van der Waals surface area contributed by atoms with Crippen molar-refractivity contribution < 1.29 is 14.3 Å². The van der Waals surface area contributed by atoms with Crippen molar-refractivity contribution in [3.63, 3.8) is 0 Å². The van der Waals surface area contributed by atoms with Crippen LogP contribution in [0.2, 0.25) is 5.02 Å². The van der Waals surface area contributed by atoms with Crippen molar-refractivity contribution in [3.05, 3.63) is 89.3 Å². The van der Waals surface area contributed by atoms with Crippen LogP contribution in [0.4, 0.5) is 0 Å². The van der Waals surface area contributed by atoms with E-state index in [4.69, 9.17) is 16.3 Å². The Labute approximate surface area is 207 Å². The zero-order valence-electron chi connectivity index (χ0n) is 19.1. The number of ether oxygens (including phenoxy) is 1. The van der Waals surface area contributed by atoms with E-state index in [0.717, 1.165) is 22.0 Å². The molecule has 0 aliphatic carbocycles. The average Bonchev–Trinajstić information content (AvgIpc) is 2.91. The first-order valence-electron chi connectivity index (χ1n) is 11.3. The standard InChI is InChI=1S/C27H23ClN4O3/c1-35-24-15-19(22-6-2-4-18-5-3-9-30-25(18)22)7-8-23(24)27(34)32-12-10-31(11-13-32)26(33)20-14-21(28)17-29-16-20/h2-9,14-17H,10-13H2,1H3. The van der Waals surface area contributed by atoms with E-state index in [0.29, 0.717) is 48.1 Å². The van der Waals surface area contributed by atoms with Gasteiger partial charge in [0.05, 0.1) is 28.8 Å². The average molecular weight is 487 g/mol. The molecule has 176 valence electrons. The molecule has 0 N–H and O–H groups in total. The molecule has 5 rings (SSSR count). The molecule has 0 spiro atoms. The van der Waals surface area contributed by atoms with Crippen LogP contribution in [-0.4, -0.2) is 64.9 Å². The summed E-state index contributed by atoms with van der Waals surface area (Å²) in [7, 11) is 1.56. The Morgan fingerprint density at radius 1 is 0.914 bits per heavy atom. The second-order valence-electron chi connectivity index (χ2n) is 8.27. The van der Waals surface area contributed by atoms with Gasteiger partial charge in [0.2, 0.25) is 0 Å². The Kier molecular flexibility index (Phi) is 6.33. The monoisotopic (exact) mass is 486 g/mol. The summed E-state index contributed by atoms with van der Waals surface area (Å²) in [5, 5.41) is 1.46. The summed E-state index contributed by atoms with van der Waals surface area (Å²) in [5.41, 5.74) is 3.73. The van der Waals surface area contributed by atoms with Crippen LogP contribution in [0, 0.1) is 0 Å². The number of halogens is 1. The van der Waals surface area contributed by atoms with E-state index in [9.17, 15) is 9.59 Å². The molecule has 1 aliphatic rings. The molecular weight excluding hydrogens is 464 g/mol. The molecule has 2 aromatic carbocycles. The van der Waals surface area contributed by atoms with Crippen LogP contribution in [-0.2, 0) is 0 Å². The Morgan fingerprint density at radius 3 is 2.40 bits per heavy atom. The maximum absolute atomic E-state index is 13.3. The molecule has 1 fully saturated rings. The largest absolute Gasteiger partial charge is 0.496 e. The number of hydrogen-bond acceptors (Lipinski definition) is 5. The molecule has 0 bridgehead atoms. The quantitative estimate of drug-likeness (QED) is 0.423. The van der Waals surface area contributed by atoms with Gasteiger partial charge in [-0.2, -0.15) is 0 Å². The van der Waals surface area contributed by atoms with Gasteiger partial charge in [0.15, 0.2) is 0 Å². The van der Waals surface area contributed by atoms with Crippen molar-refractivity contribution in [1.82, 2.24) is 19.8 Å². The summed E-state index contributed by atoms with van der Waals surface area (Å²) in [6.07, 6.45) is 4.77. The minimum absolute atomic E-state index is 0.124. The van der Waals surface area contributed by atoms with Gasteiger partial charge >= 0.3 is 0 Å². The summed E-state index contributed by atoms with van der Waals surface area (Å²) in [6, 6.07) is 17.2. The topological polar surface area (TPSA) is 75.6 Å². The normalized spacial score (nSPS) is 13.7. The van der Waals surface area contributed by atoms with Gasteiger partial charge in [0, 0.05) is 55.7 Å². The third-order valence-electron chi connectivity index (χ3n) is 6.18. The minimum Gasteiger partial charge on any atom is -0.496 e. The van der Waals surface area contributed by atoms with Crippen molar-refractivity contribution in [2.24, 2.45) is 0 Å². The highest BCUT2D eigenvalue weighted by Crippen LogP contribution is 2.32. The van der Waals surface area contributed by atoms with Crippen LogP contribution in [0.25, 0.3) is 22.0 Å². The van der Waals surface area contributed by atoms with Crippen molar-refractivity contribution in [1.29, 1.82) is 0 Å². The molecule has 1 saturated heterocycles. The summed E-state index contributed by atoms with van der Waals surface area (Å²) >= 11 is 5.97. The number of rotatable bonds is 4. The minimum atomic E-state index is -0.141. The lowest BCUT2D eigenvalue weighted by Gasteiger charge is -2.35. The molecular formula is C27H23ClN4O3. The molecule has 0 radical (unpaired) electrons. The molecule has 35 heavy (non-hydrogen) atoms. The fourth-order valence-corrected chi connectivity index (χ4v) is 4.54. The number of methoxy groups -OCH3 is 1. The van der Waals surface area contributed by atoms with Gasteiger partial charge in [-0.25, -0.2) is 0 Å². The summed E-state index contributed by atoms with van der Waals surface area (Å²) in [4.78, 5) is 38.1. The molecule has 4 aromatic rings. The number of para-hydroxylation sites is 1. The van der Waals surface area contributed by atoms with E-state index in [1.165, 1.54) is 12.4 Å². The fraction of sp³-hybridized carbons (Fsp3) is 0.185. The predicted molar refractivity (Wildman–Crippen MR) is 135 cm³/mol. The smallest absolute Gasteiger partial charge is 0.257 e. The van der Waals surface area contributed by atoms with Crippen LogP contribution in [0.3, 0.4) is 0 Å². The highest BCUT2D eigenvalue weighted by Gasteiger charge is 2.27. The molecule has 1 aliphatic heterocycles. The molecule has 3 heterocycles. The van der Waals surface area contributed by atoms with Gasteiger partial charge in [-0.05, 0) is 29.8 Å². The lowest BCUT2D eigenvalue weighted by atomic mass is 9.99. The Balaban J connectivity index is 1.33. The first-order chi connectivity index (χ1) is 17.0. The fourth-order valence-electron chi connectivity index (χ4n) is 4.37. The van der Waals surface area contributed by atoms with Crippen molar-refractivity contribution in [2.75, 3.05) is 33.3 Å². The third kappa shape index (κ3) is 4.55. The van der Waals surface area contributed by atoms with E-state index in [1.807, 2.05) is 42.5 Å². The third-order valence-corrected chi connectivity index (χ3v) is 6.39. The van der Waals surface area contributed by atoms with Crippen molar-refractivity contribution in [3.8, 4) is 16.9 Å². The predicted octanol–water partition coefficient (Wildman–Crippen LogP) is 4.56. The number of hydrogen-bond donors (Lipinski definition) is 0. The lowest BCUT2D eigenvalue weighted by molar-refractivity contribution is 0.0533. The maximum atomic E-state index is 13.3. The number of fused-ring (bicyclic) bond motifs is 1.